The smallest absolute Gasteiger partial charge is 0.179 e. The molecule has 0 N–H and O–H groups in total. The fraction of sp³-hybridized carbons (Fsp3) is 0.692. The van der Waals surface area contributed by atoms with Gasteiger partial charge in [0.2, 0.25) is 0 Å². The van der Waals surface area contributed by atoms with Crippen molar-refractivity contribution in [2.45, 2.75) is 6.42 Å². The highest BCUT2D eigenvalue weighted by atomic mass is 14.9. The molecule has 0 spiro atoms. The molecule has 4 nitrogen and oxygen atoms in total. The molecular weight excluding hydrogens is 212 g/mol. The lowest BCUT2D eigenvalue weighted by atomic mass is 9.58. The van der Waals surface area contributed by atoms with Gasteiger partial charge in [-0.05, 0) is 30.1 Å². The third kappa shape index (κ3) is 0.537. The molecule has 6 bridgehead atoms. The number of rotatable bonds is 0. The van der Waals surface area contributed by atoms with Gasteiger partial charge in [0.25, 0.3) is 0 Å². The molecule has 5 aliphatic carbocycles. The Kier molecular flexibility index (Phi) is 1.15. The summed E-state index contributed by atoms with van der Waals surface area (Å²) in [6.45, 7) is 0. The van der Waals surface area contributed by atoms with Gasteiger partial charge in [-0.3, -0.25) is 0 Å². The van der Waals surface area contributed by atoms with E-state index in [1.807, 2.05) is 0 Å². The molecule has 0 heterocycles. The Morgan fingerprint density at radius 3 is 1.41 bits per heavy atom. The van der Waals surface area contributed by atoms with E-state index >= 15 is 0 Å². The average molecular weight is 220 g/mol. The Hall–Kier alpha value is -2.04. The van der Waals surface area contributed by atoms with Crippen LogP contribution >= 0.6 is 0 Å². The molecule has 17 heavy (non-hydrogen) atoms. The third-order valence-electron chi connectivity index (χ3n) is 5.92. The molecule has 5 rings (SSSR count). The van der Waals surface area contributed by atoms with Crippen LogP contribution < -0.4 is 0 Å². The van der Waals surface area contributed by atoms with E-state index in [9.17, 15) is 21.0 Å². The van der Waals surface area contributed by atoms with Gasteiger partial charge >= 0.3 is 0 Å². The first-order chi connectivity index (χ1) is 8.22. The molecule has 0 saturated heterocycles. The van der Waals surface area contributed by atoms with E-state index in [0.717, 1.165) is 6.42 Å². The highest BCUT2D eigenvalue weighted by Gasteiger charge is 2.90. The minimum Gasteiger partial charge on any atom is -0.196 e. The van der Waals surface area contributed by atoms with E-state index in [1.165, 1.54) is 0 Å². The molecule has 0 aromatic heterocycles. The fourth-order valence-corrected chi connectivity index (χ4v) is 5.60. The van der Waals surface area contributed by atoms with Crippen LogP contribution in [0.25, 0.3) is 0 Å². The maximum Gasteiger partial charge on any atom is 0.179 e. The highest BCUT2D eigenvalue weighted by Crippen LogP contribution is 2.88. The topological polar surface area (TPSA) is 95.2 Å². The van der Waals surface area contributed by atoms with Gasteiger partial charge in [-0.25, -0.2) is 0 Å². The largest absolute Gasteiger partial charge is 0.196 e. The van der Waals surface area contributed by atoms with Gasteiger partial charge in [0.1, 0.15) is 0 Å². The van der Waals surface area contributed by atoms with Gasteiger partial charge in [0, 0.05) is 11.8 Å². The van der Waals surface area contributed by atoms with Gasteiger partial charge in [-0.1, -0.05) is 0 Å². The Balaban J connectivity index is 2.04. The second kappa shape index (κ2) is 2.16. The molecular formula is C13H8N4. The lowest BCUT2D eigenvalue weighted by Crippen LogP contribution is -2.44. The van der Waals surface area contributed by atoms with Crippen molar-refractivity contribution < 1.29 is 0 Å². The Bertz CT molecular complexity index is 527. The van der Waals surface area contributed by atoms with Crippen molar-refractivity contribution in [3.05, 3.63) is 0 Å². The molecule has 0 amide bonds. The summed E-state index contributed by atoms with van der Waals surface area (Å²) in [7, 11) is 0. The molecule has 5 fully saturated rings. The summed E-state index contributed by atoms with van der Waals surface area (Å²) in [6.07, 6.45) is 1.03. The zero-order valence-electron chi connectivity index (χ0n) is 8.96. The third-order valence-corrected chi connectivity index (χ3v) is 5.92. The SMILES string of the molecule is N#CC1(C#N)[C@@H]2C3CC4[C@@H]2[C@H]4[C@H]3C1(C#N)C#N. The molecule has 0 radical (unpaired) electrons. The summed E-state index contributed by atoms with van der Waals surface area (Å²) >= 11 is 0. The summed E-state index contributed by atoms with van der Waals surface area (Å²) in [5.74, 6) is 1.75. The van der Waals surface area contributed by atoms with Crippen LogP contribution in [0.4, 0.5) is 0 Å². The number of hydrogen-bond acceptors (Lipinski definition) is 4. The molecule has 80 valence electrons. The molecule has 5 aliphatic rings. The van der Waals surface area contributed by atoms with Crippen molar-refractivity contribution in [2.75, 3.05) is 0 Å². The van der Waals surface area contributed by atoms with Crippen LogP contribution in [0.5, 0.6) is 0 Å². The van der Waals surface area contributed by atoms with Crippen molar-refractivity contribution in [2.24, 2.45) is 46.3 Å². The zero-order chi connectivity index (χ0) is 12.0. The summed E-state index contributed by atoms with van der Waals surface area (Å²) < 4.78 is 0. The molecule has 0 aliphatic heterocycles. The van der Waals surface area contributed by atoms with Crippen molar-refractivity contribution >= 4 is 0 Å². The lowest BCUT2D eigenvalue weighted by Gasteiger charge is -2.34. The minimum atomic E-state index is -1.38. The maximum absolute atomic E-state index is 9.43. The Morgan fingerprint density at radius 1 is 0.706 bits per heavy atom. The van der Waals surface area contributed by atoms with E-state index in [0.29, 0.717) is 17.8 Å². The van der Waals surface area contributed by atoms with Crippen LogP contribution in [0.1, 0.15) is 6.42 Å². The van der Waals surface area contributed by atoms with E-state index in [-0.39, 0.29) is 17.8 Å². The second-order valence-electron chi connectivity index (χ2n) is 5.83. The van der Waals surface area contributed by atoms with Gasteiger partial charge in [-0.15, -0.1) is 0 Å². The van der Waals surface area contributed by atoms with Crippen molar-refractivity contribution in [1.82, 2.24) is 0 Å². The predicted octanol–water partition coefficient (Wildman–Crippen LogP) is 1.20. The van der Waals surface area contributed by atoms with Crippen LogP contribution in [0, 0.1) is 91.7 Å². The molecule has 6 atom stereocenters. The Labute approximate surface area is 98.7 Å². The van der Waals surface area contributed by atoms with E-state index in [2.05, 4.69) is 24.3 Å². The van der Waals surface area contributed by atoms with Crippen LogP contribution in [-0.4, -0.2) is 0 Å². The normalized spacial score (nSPS) is 52.0. The minimum absolute atomic E-state index is 0.0169. The lowest BCUT2D eigenvalue weighted by molar-refractivity contribution is 0.178. The van der Waals surface area contributed by atoms with Gasteiger partial charge in [0.15, 0.2) is 10.8 Å². The molecule has 5 saturated carbocycles. The standard InChI is InChI=1S/C13H8N4/c14-2-12(3-15)10-7-1-6-8(10)9(6)11(7)13(12,4-16)5-17/h6-11H,1H2/t6?,7?,8-,9+,10-,11+. The van der Waals surface area contributed by atoms with Crippen LogP contribution in [0.2, 0.25) is 0 Å². The van der Waals surface area contributed by atoms with E-state index < -0.39 is 10.8 Å². The molecule has 0 aromatic carbocycles. The van der Waals surface area contributed by atoms with Crippen LogP contribution in [0.3, 0.4) is 0 Å². The summed E-state index contributed by atoms with van der Waals surface area (Å²) in [5, 5.41) is 37.7. The number of nitrogens with zero attached hydrogens (tertiary/aromatic N) is 4. The van der Waals surface area contributed by atoms with Gasteiger partial charge in [-0.2, -0.15) is 21.0 Å². The maximum atomic E-state index is 9.43. The molecule has 0 aromatic rings. The van der Waals surface area contributed by atoms with Gasteiger partial charge in [0.05, 0.1) is 24.3 Å². The number of nitriles is 4. The summed E-state index contributed by atoms with van der Waals surface area (Å²) in [5.41, 5.74) is -2.75. The van der Waals surface area contributed by atoms with Crippen molar-refractivity contribution in [3.8, 4) is 24.3 Å². The first-order valence-corrected chi connectivity index (χ1v) is 5.87. The van der Waals surface area contributed by atoms with Crippen LogP contribution in [-0.2, 0) is 0 Å². The van der Waals surface area contributed by atoms with E-state index in [4.69, 9.17) is 0 Å². The first kappa shape index (κ1) is 9.04. The predicted molar refractivity (Wildman–Crippen MR) is 52.9 cm³/mol. The fourth-order valence-electron chi connectivity index (χ4n) is 5.60. The quantitative estimate of drug-likeness (QED) is 0.612. The zero-order valence-corrected chi connectivity index (χ0v) is 8.96. The van der Waals surface area contributed by atoms with E-state index in [1.54, 1.807) is 0 Å². The molecule has 2 unspecified atom stereocenters. The summed E-state index contributed by atoms with van der Waals surface area (Å²) in [6, 6.07) is 8.24. The first-order valence-electron chi connectivity index (χ1n) is 5.87. The van der Waals surface area contributed by atoms with Crippen molar-refractivity contribution in [3.63, 3.8) is 0 Å². The highest BCUT2D eigenvalue weighted by molar-refractivity contribution is 5.49. The average Bonchev–Trinajstić information content (AvgIpc) is 2.77. The van der Waals surface area contributed by atoms with Gasteiger partial charge < -0.3 is 0 Å². The second-order valence-corrected chi connectivity index (χ2v) is 5.83. The van der Waals surface area contributed by atoms with Crippen molar-refractivity contribution in [1.29, 1.82) is 21.0 Å². The monoisotopic (exact) mass is 220 g/mol. The summed E-state index contributed by atoms with van der Waals surface area (Å²) in [4.78, 5) is 0. The molecule has 4 heteroatoms. The number of hydrogen-bond donors (Lipinski definition) is 0. The Morgan fingerprint density at radius 2 is 1.12 bits per heavy atom. The van der Waals surface area contributed by atoms with Crippen LogP contribution in [0.15, 0.2) is 0 Å².